The Morgan fingerprint density at radius 1 is 1.07 bits per heavy atom. The monoisotopic (exact) mass is 380 g/mol. The fourth-order valence-electron chi connectivity index (χ4n) is 3.29. The predicted molar refractivity (Wildman–Crippen MR) is 105 cm³/mol. The molecule has 2 heterocycles. The highest BCUT2D eigenvalue weighted by Gasteiger charge is 2.26. The van der Waals surface area contributed by atoms with Gasteiger partial charge in [0, 0.05) is 17.8 Å². The van der Waals surface area contributed by atoms with E-state index in [1.54, 1.807) is 36.4 Å². The number of halogens is 1. The maximum Gasteiger partial charge on any atom is 0.265 e. The molecule has 27 heavy (non-hydrogen) atoms. The van der Waals surface area contributed by atoms with Crippen LogP contribution in [0.15, 0.2) is 60.0 Å². The van der Waals surface area contributed by atoms with Gasteiger partial charge in [-0.1, -0.05) is 24.3 Å². The van der Waals surface area contributed by atoms with Crippen LogP contribution in [0.3, 0.4) is 0 Å². The fourth-order valence-corrected chi connectivity index (χ4v) is 3.91. The second-order valence-electron chi connectivity index (χ2n) is 6.32. The van der Waals surface area contributed by atoms with Crippen molar-refractivity contribution in [2.75, 3.05) is 16.8 Å². The minimum atomic E-state index is -0.386. The van der Waals surface area contributed by atoms with Crippen molar-refractivity contribution < 1.29 is 14.0 Å². The van der Waals surface area contributed by atoms with Gasteiger partial charge in [-0.2, -0.15) is 0 Å². The van der Waals surface area contributed by atoms with Gasteiger partial charge in [-0.25, -0.2) is 4.39 Å². The molecule has 0 radical (unpaired) electrons. The Morgan fingerprint density at radius 3 is 2.74 bits per heavy atom. The van der Waals surface area contributed by atoms with E-state index in [9.17, 15) is 14.0 Å². The molecule has 6 heteroatoms. The lowest BCUT2D eigenvalue weighted by Gasteiger charge is -2.30. The van der Waals surface area contributed by atoms with Crippen molar-refractivity contribution in [1.82, 2.24) is 0 Å². The topological polar surface area (TPSA) is 49.4 Å². The van der Waals surface area contributed by atoms with Crippen molar-refractivity contribution in [3.63, 3.8) is 0 Å². The number of fused-ring (bicyclic) bond motifs is 1. The van der Waals surface area contributed by atoms with Crippen molar-refractivity contribution in [2.45, 2.75) is 12.8 Å². The standard InChI is InChI=1S/C21H17FN2O2S/c22-17-9-2-5-14-7-3-11-24(19(14)17)21(26)15-6-1-8-16(13-15)23-20(25)18-10-4-12-27-18/h1-2,4-6,8-10,12-13H,3,7,11H2,(H,23,25). The van der Waals surface area contributed by atoms with Gasteiger partial charge in [0.15, 0.2) is 0 Å². The Bertz CT molecular complexity index is 1000. The van der Waals surface area contributed by atoms with Crippen LogP contribution in [0.2, 0.25) is 0 Å². The summed E-state index contributed by atoms with van der Waals surface area (Å²) in [6, 6.07) is 15.2. The molecular weight excluding hydrogens is 363 g/mol. The van der Waals surface area contributed by atoms with E-state index in [0.717, 1.165) is 18.4 Å². The summed E-state index contributed by atoms with van der Waals surface area (Å²) in [6.07, 6.45) is 1.55. The van der Waals surface area contributed by atoms with Gasteiger partial charge >= 0.3 is 0 Å². The van der Waals surface area contributed by atoms with E-state index < -0.39 is 0 Å². The van der Waals surface area contributed by atoms with Crippen LogP contribution in [-0.4, -0.2) is 18.4 Å². The number of thiophene rings is 1. The van der Waals surface area contributed by atoms with Gasteiger partial charge in [-0.3, -0.25) is 9.59 Å². The van der Waals surface area contributed by atoms with E-state index in [2.05, 4.69) is 5.32 Å². The van der Waals surface area contributed by atoms with Crippen LogP contribution in [0.25, 0.3) is 0 Å². The Balaban J connectivity index is 1.60. The maximum atomic E-state index is 14.4. The minimum Gasteiger partial charge on any atom is -0.321 e. The quantitative estimate of drug-likeness (QED) is 0.714. The maximum absolute atomic E-state index is 14.4. The van der Waals surface area contributed by atoms with E-state index >= 15 is 0 Å². The van der Waals surface area contributed by atoms with Crippen molar-refractivity contribution >= 4 is 34.5 Å². The van der Waals surface area contributed by atoms with Crippen LogP contribution in [0, 0.1) is 5.82 Å². The summed E-state index contributed by atoms with van der Waals surface area (Å²) in [7, 11) is 0. The molecule has 3 aromatic rings. The summed E-state index contributed by atoms with van der Waals surface area (Å²) in [4.78, 5) is 27.3. The second-order valence-corrected chi connectivity index (χ2v) is 7.27. The molecule has 136 valence electrons. The van der Waals surface area contributed by atoms with Gasteiger partial charge in [-0.05, 0) is 54.1 Å². The summed E-state index contributed by atoms with van der Waals surface area (Å²) in [6.45, 7) is 0.471. The molecule has 4 nitrogen and oxygen atoms in total. The Kier molecular flexibility index (Phi) is 4.73. The van der Waals surface area contributed by atoms with E-state index in [-0.39, 0.29) is 17.6 Å². The molecule has 1 aliphatic rings. The van der Waals surface area contributed by atoms with Gasteiger partial charge < -0.3 is 10.2 Å². The first-order valence-electron chi connectivity index (χ1n) is 8.67. The molecule has 0 aliphatic carbocycles. The summed E-state index contributed by atoms with van der Waals surface area (Å²) in [5, 5.41) is 4.63. The molecule has 0 fully saturated rings. The molecule has 0 unspecified atom stereocenters. The third-order valence-electron chi connectivity index (χ3n) is 4.53. The lowest BCUT2D eigenvalue weighted by molar-refractivity contribution is 0.0982. The summed E-state index contributed by atoms with van der Waals surface area (Å²) in [5.41, 5.74) is 2.15. The first-order chi connectivity index (χ1) is 13.1. The summed E-state index contributed by atoms with van der Waals surface area (Å²) < 4.78 is 14.4. The third-order valence-corrected chi connectivity index (χ3v) is 5.39. The fraction of sp³-hybridized carbons (Fsp3) is 0.143. The third kappa shape index (κ3) is 3.48. The normalized spacial score (nSPS) is 13.1. The zero-order valence-electron chi connectivity index (χ0n) is 14.4. The number of rotatable bonds is 3. The highest BCUT2D eigenvalue weighted by molar-refractivity contribution is 7.12. The number of carbonyl (C=O) groups is 2. The molecule has 0 bridgehead atoms. The summed E-state index contributed by atoms with van der Waals surface area (Å²) >= 11 is 1.35. The number of amides is 2. The largest absolute Gasteiger partial charge is 0.321 e. The number of hydrogen-bond acceptors (Lipinski definition) is 3. The van der Waals surface area contributed by atoms with Gasteiger partial charge in [0.05, 0.1) is 10.6 Å². The Labute approximate surface area is 160 Å². The molecule has 1 aromatic heterocycles. The molecule has 4 rings (SSSR count). The first kappa shape index (κ1) is 17.4. The Morgan fingerprint density at radius 2 is 1.93 bits per heavy atom. The first-order valence-corrected chi connectivity index (χ1v) is 9.55. The number of nitrogens with zero attached hydrogens (tertiary/aromatic N) is 1. The number of hydrogen-bond donors (Lipinski definition) is 1. The highest BCUT2D eigenvalue weighted by Crippen LogP contribution is 2.31. The number of benzene rings is 2. The minimum absolute atomic E-state index is 0.219. The second kappa shape index (κ2) is 7.32. The Hall–Kier alpha value is -2.99. The predicted octanol–water partition coefficient (Wildman–Crippen LogP) is 4.73. The smallest absolute Gasteiger partial charge is 0.265 e. The van der Waals surface area contributed by atoms with Gasteiger partial charge in [0.2, 0.25) is 0 Å². The molecule has 2 aromatic carbocycles. The van der Waals surface area contributed by atoms with Crippen molar-refractivity contribution in [1.29, 1.82) is 0 Å². The van der Waals surface area contributed by atoms with E-state index in [1.807, 2.05) is 17.5 Å². The molecule has 2 amide bonds. The molecule has 0 spiro atoms. The molecular formula is C21H17FN2O2S. The van der Waals surface area contributed by atoms with E-state index in [4.69, 9.17) is 0 Å². The van der Waals surface area contributed by atoms with Crippen LogP contribution in [-0.2, 0) is 6.42 Å². The average molecular weight is 380 g/mol. The lowest BCUT2D eigenvalue weighted by Crippen LogP contribution is -2.36. The molecule has 1 N–H and O–H groups in total. The van der Waals surface area contributed by atoms with Crippen molar-refractivity contribution in [3.8, 4) is 0 Å². The van der Waals surface area contributed by atoms with Crippen molar-refractivity contribution in [2.24, 2.45) is 0 Å². The van der Waals surface area contributed by atoms with Crippen LogP contribution in [0.1, 0.15) is 32.0 Å². The highest BCUT2D eigenvalue weighted by atomic mass is 32.1. The summed E-state index contributed by atoms with van der Waals surface area (Å²) in [5.74, 6) is -0.875. The molecule has 0 saturated carbocycles. The van der Waals surface area contributed by atoms with E-state index in [0.29, 0.717) is 28.4 Å². The number of anilines is 2. The van der Waals surface area contributed by atoms with Gasteiger partial charge in [-0.15, -0.1) is 11.3 Å². The zero-order valence-corrected chi connectivity index (χ0v) is 15.3. The number of aryl methyl sites for hydroxylation is 1. The molecule has 1 aliphatic heterocycles. The lowest BCUT2D eigenvalue weighted by atomic mass is 10.00. The van der Waals surface area contributed by atoms with Crippen LogP contribution in [0.5, 0.6) is 0 Å². The SMILES string of the molecule is O=C(Nc1cccc(C(=O)N2CCCc3cccc(F)c32)c1)c1cccs1. The number of nitrogens with one attached hydrogen (secondary N) is 1. The molecule has 0 saturated heterocycles. The van der Waals surface area contributed by atoms with Gasteiger partial charge in [0.25, 0.3) is 11.8 Å². The van der Waals surface area contributed by atoms with Crippen LogP contribution >= 0.6 is 11.3 Å². The van der Waals surface area contributed by atoms with E-state index in [1.165, 1.54) is 22.3 Å². The van der Waals surface area contributed by atoms with Crippen LogP contribution in [0.4, 0.5) is 15.8 Å². The van der Waals surface area contributed by atoms with Gasteiger partial charge in [0.1, 0.15) is 5.82 Å². The molecule has 0 atom stereocenters. The number of carbonyl (C=O) groups excluding carboxylic acids is 2. The average Bonchev–Trinajstić information content (AvgIpc) is 3.22. The zero-order chi connectivity index (χ0) is 18.8. The van der Waals surface area contributed by atoms with Crippen LogP contribution < -0.4 is 10.2 Å². The number of para-hydroxylation sites is 1. The van der Waals surface area contributed by atoms with Crippen molar-refractivity contribution in [3.05, 3.63) is 81.8 Å².